The summed E-state index contributed by atoms with van der Waals surface area (Å²) in [5, 5.41) is 1.29. The maximum Gasteiger partial charge on any atom is 0.319 e. The SMILES string of the molecule is CCOC(=O)C(Br)CCCCN(C=O)OCc1ccccc1. The first-order chi connectivity index (χ1) is 10.7. The third-order valence-corrected chi connectivity index (χ3v) is 3.82. The molecule has 0 heterocycles. The van der Waals surface area contributed by atoms with E-state index < -0.39 is 0 Å². The first kappa shape index (κ1) is 18.6. The Kier molecular flexibility index (Phi) is 9.50. The van der Waals surface area contributed by atoms with Gasteiger partial charge < -0.3 is 4.74 Å². The maximum atomic E-state index is 11.4. The Morgan fingerprint density at radius 3 is 2.68 bits per heavy atom. The Hall–Kier alpha value is -1.40. The number of alkyl halides is 1. The van der Waals surface area contributed by atoms with Crippen molar-refractivity contribution in [3.8, 4) is 0 Å². The molecule has 0 fully saturated rings. The van der Waals surface area contributed by atoms with Gasteiger partial charge in [-0.1, -0.05) is 46.3 Å². The number of carbonyl (C=O) groups excluding carboxylic acids is 2. The molecule has 6 heteroatoms. The van der Waals surface area contributed by atoms with Crippen LogP contribution >= 0.6 is 15.9 Å². The first-order valence-corrected chi connectivity index (χ1v) is 8.28. The van der Waals surface area contributed by atoms with Crippen molar-refractivity contribution in [2.45, 2.75) is 37.6 Å². The van der Waals surface area contributed by atoms with Gasteiger partial charge in [0.05, 0.1) is 6.61 Å². The average molecular weight is 372 g/mol. The number of rotatable bonds is 11. The molecule has 1 amide bonds. The topological polar surface area (TPSA) is 55.8 Å². The predicted octanol–water partition coefficient (Wildman–Crippen LogP) is 3.07. The van der Waals surface area contributed by atoms with Crippen LogP contribution in [0.2, 0.25) is 0 Å². The summed E-state index contributed by atoms with van der Waals surface area (Å²) in [5.74, 6) is -0.241. The van der Waals surface area contributed by atoms with Crippen LogP contribution in [0.1, 0.15) is 31.7 Å². The van der Waals surface area contributed by atoms with E-state index in [0.717, 1.165) is 18.4 Å². The van der Waals surface area contributed by atoms with Gasteiger partial charge in [-0.15, -0.1) is 0 Å². The van der Waals surface area contributed by atoms with Crippen LogP contribution in [0.3, 0.4) is 0 Å². The fourth-order valence-corrected chi connectivity index (χ4v) is 2.28. The van der Waals surface area contributed by atoms with Crippen LogP contribution in [-0.4, -0.2) is 35.4 Å². The Morgan fingerprint density at radius 2 is 2.05 bits per heavy atom. The van der Waals surface area contributed by atoms with E-state index in [2.05, 4.69) is 15.9 Å². The van der Waals surface area contributed by atoms with E-state index in [-0.39, 0.29) is 10.8 Å². The van der Waals surface area contributed by atoms with E-state index in [1.54, 1.807) is 6.92 Å². The van der Waals surface area contributed by atoms with Crippen LogP contribution in [-0.2, 0) is 25.8 Å². The highest BCUT2D eigenvalue weighted by Gasteiger charge is 2.15. The van der Waals surface area contributed by atoms with Gasteiger partial charge in [0.2, 0.25) is 6.41 Å². The Morgan fingerprint density at radius 1 is 1.32 bits per heavy atom. The summed E-state index contributed by atoms with van der Waals surface area (Å²) < 4.78 is 4.91. The van der Waals surface area contributed by atoms with E-state index in [4.69, 9.17) is 9.57 Å². The Balaban J connectivity index is 2.18. The molecule has 1 unspecified atom stereocenters. The van der Waals surface area contributed by atoms with Crippen LogP contribution in [0.25, 0.3) is 0 Å². The fourth-order valence-electron chi connectivity index (χ4n) is 1.82. The Labute approximate surface area is 139 Å². The highest BCUT2D eigenvalue weighted by atomic mass is 79.9. The smallest absolute Gasteiger partial charge is 0.319 e. The van der Waals surface area contributed by atoms with E-state index in [1.165, 1.54) is 5.06 Å². The molecule has 0 aliphatic rings. The number of halogens is 1. The minimum Gasteiger partial charge on any atom is -0.465 e. The first-order valence-electron chi connectivity index (χ1n) is 7.36. The molecule has 1 rings (SSSR count). The molecule has 0 aromatic heterocycles. The van der Waals surface area contributed by atoms with Gasteiger partial charge in [0, 0.05) is 6.54 Å². The van der Waals surface area contributed by atoms with E-state index >= 15 is 0 Å². The summed E-state index contributed by atoms with van der Waals surface area (Å²) in [4.78, 5) is 27.5. The van der Waals surface area contributed by atoms with E-state index in [9.17, 15) is 9.59 Å². The molecule has 0 N–H and O–H groups in total. The zero-order valence-electron chi connectivity index (χ0n) is 12.7. The van der Waals surface area contributed by atoms with Crippen LogP contribution in [0.4, 0.5) is 0 Å². The summed E-state index contributed by atoms with van der Waals surface area (Å²) in [7, 11) is 0. The minimum atomic E-state index is -0.289. The highest BCUT2D eigenvalue weighted by molar-refractivity contribution is 9.10. The second-order valence-electron chi connectivity index (χ2n) is 4.72. The molecule has 0 radical (unpaired) electrons. The zero-order valence-corrected chi connectivity index (χ0v) is 14.3. The molecule has 5 nitrogen and oxygen atoms in total. The standard InChI is InChI=1S/C16H22BrNO4/c1-2-21-16(20)15(17)10-6-7-11-18(13-19)22-12-14-8-4-3-5-9-14/h3-5,8-9,13,15H,2,6-7,10-12H2,1H3. The molecule has 122 valence electrons. The third kappa shape index (κ3) is 7.56. The molecular weight excluding hydrogens is 350 g/mol. The lowest BCUT2D eigenvalue weighted by Gasteiger charge is -2.17. The zero-order chi connectivity index (χ0) is 16.2. The molecule has 0 saturated heterocycles. The van der Waals surface area contributed by atoms with Gasteiger partial charge in [-0.3, -0.25) is 14.4 Å². The van der Waals surface area contributed by atoms with Gasteiger partial charge in [-0.05, 0) is 31.7 Å². The fraction of sp³-hybridized carbons (Fsp3) is 0.500. The van der Waals surface area contributed by atoms with Crippen molar-refractivity contribution in [3.05, 3.63) is 35.9 Å². The number of esters is 1. The van der Waals surface area contributed by atoms with Crippen LogP contribution in [0.5, 0.6) is 0 Å². The lowest BCUT2D eigenvalue weighted by Crippen LogP contribution is -2.24. The third-order valence-electron chi connectivity index (χ3n) is 2.99. The number of carbonyl (C=O) groups is 2. The normalized spacial score (nSPS) is 11.7. The number of unbranched alkanes of at least 4 members (excludes halogenated alkanes) is 1. The van der Waals surface area contributed by atoms with Crippen molar-refractivity contribution in [3.63, 3.8) is 0 Å². The second-order valence-corrected chi connectivity index (χ2v) is 5.83. The summed E-state index contributed by atoms with van der Waals surface area (Å²) in [5.41, 5.74) is 1.01. The number of benzene rings is 1. The molecule has 0 spiro atoms. The van der Waals surface area contributed by atoms with Gasteiger partial charge >= 0.3 is 5.97 Å². The number of ether oxygens (including phenoxy) is 1. The molecule has 0 aliphatic heterocycles. The van der Waals surface area contributed by atoms with Gasteiger partial charge in [0.1, 0.15) is 11.4 Å². The number of amides is 1. The second kappa shape index (κ2) is 11.2. The number of hydrogen-bond donors (Lipinski definition) is 0. The van der Waals surface area contributed by atoms with E-state index in [0.29, 0.717) is 32.6 Å². The monoisotopic (exact) mass is 371 g/mol. The molecule has 0 saturated carbocycles. The van der Waals surface area contributed by atoms with Crippen molar-refractivity contribution in [1.82, 2.24) is 5.06 Å². The van der Waals surface area contributed by atoms with E-state index in [1.807, 2.05) is 30.3 Å². The summed E-state index contributed by atoms with van der Waals surface area (Å²) >= 11 is 3.30. The highest BCUT2D eigenvalue weighted by Crippen LogP contribution is 2.12. The number of hydroxylamine groups is 2. The molecule has 1 aromatic rings. The van der Waals surface area contributed by atoms with Gasteiger partial charge in [0.15, 0.2) is 0 Å². The van der Waals surface area contributed by atoms with Gasteiger partial charge in [0.25, 0.3) is 0 Å². The van der Waals surface area contributed by atoms with Gasteiger partial charge in [-0.25, -0.2) is 5.06 Å². The quantitative estimate of drug-likeness (QED) is 0.197. The van der Waals surface area contributed by atoms with Crippen molar-refractivity contribution in [2.24, 2.45) is 0 Å². The maximum absolute atomic E-state index is 11.4. The largest absolute Gasteiger partial charge is 0.465 e. The van der Waals surface area contributed by atoms with Crippen molar-refractivity contribution < 1.29 is 19.2 Å². The predicted molar refractivity (Wildman–Crippen MR) is 87.2 cm³/mol. The molecule has 0 bridgehead atoms. The minimum absolute atomic E-state index is 0.241. The number of nitrogens with zero attached hydrogens (tertiary/aromatic N) is 1. The average Bonchev–Trinajstić information content (AvgIpc) is 2.55. The van der Waals surface area contributed by atoms with Crippen LogP contribution < -0.4 is 0 Å². The van der Waals surface area contributed by atoms with Crippen LogP contribution in [0.15, 0.2) is 30.3 Å². The summed E-state index contributed by atoms with van der Waals surface area (Å²) in [6.45, 7) is 3.03. The van der Waals surface area contributed by atoms with Gasteiger partial charge in [-0.2, -0.15) is 0 Å². The number of hydrogen-bond acceptors (Lipinski definition) is 4. The molecular formula is C16H22BrNO4. The molecule has 1 aromatic carbocycles. The van der Waals surface area contributed by atoms with Crippen molar-refractivity contribution in [1.29, 1.82) is 0 Å². The van der Waals surface area contributed by atoms with Crippen LogP contribution in [0, 0.1) is 0 Å². The van der Waals surface area contributed by atoms with Crippen molar-refractivity contribution in [2.75, 3.05) is 13.2 Å². The Bertz CT molecular complexity index is 441. The molecule has 22 heavy (non-hydrogen) atoms. The van der Waals surface area contributed by atoms with Crippen molar-refractivity contribution >= 4 is 28.3 Å². The lowest BCUT2D eigenvalue weighted by atomic mass is 10.2. The molecule has 1 atom stereocenters. The molecule has 0 aliphatic carbocycles. The lowest BCUT2D eigenvalue weighted by molar-refractivity contribution is -0.177. The summed E-state index contributed by atoms with van der Waals surface area (Å²) in [6.07, 6.45) is 2.91. The summed E-state index contributed by atoms with van der Waals surface area (Å²) in [6, 6.07) is 9.67.